The van der Waals surface area contributed by atoms with Crippen LogP contribution in [0.3, 0.4) is 0 Å². The number of para-hydroxylation sites is 1. The third-order valence-electron chi connectivity index (χ3n) is 5.15. The smallest absolute Gasteiger partial charge is 0.325 e. The first-order valence-electron chi connectivity index (χ1n) is 9.41. The number of hydrogen-bond acceptors (Lipinski definition) is 5. The van der Waals surface area contributed by atoms with Gasteiger partial charge in [-0.1, -0.05) is 18.2 Å². The van der Waals surface area contributed by atoms with Crippen molar-refractivity contribution in [3.05, 3.63) is 65.9 Å². The summed E-state index contributed by atoms with van der Waals surface area (Å²) in [6.45, 7) is 4.74. The normalized spacial score (nSPS) is 18.6. The molecular weight excluding hydrogens is 386 g/mol. The van der Waals surface area contributed by atoms with Crippen LogP contribution in [-0.4, -0.2) is 39.1 Å². The number of furan rings is 1. The van der Waals surface area contributed by atoms with Gasteiger partial charge < -0.3 is 15.1 Å². The van der Waals surface area contributed by atoms with Gasteiger partial charge in [-0.3, -0.25) is 14.5 Å². The third kappa shape index (κ3) is 3.14. The molecule has 1 fully saturated rings. The highest BCUT2D eigenvalue weighted by Crippen LogP contribution is 2.29. The minimum Gasteiger partial charge on any atom is -0.466 e. The quantitative estimate of drug-likeness (QED) is 0.632. The molecular formula is C21H21N5O4. The molecule has 1 aliphatic heterocycles. The number of benzene rings is 1. The Morgan fingerprint density at radius 1 is 1.17 bits per heavy atom. The number of hydrogen-bond donors (Lipinski definition) is 2. The highest BCUT2D eigenvalue weighted by Gasteiger charge is 2.51. The van der Waals surface area contributed by atoms with Crippen LogP contribution in [0.4, 0.5) is 10.5 Å². The van der Waals surface area contributed by atoms with Crippen LogP contribution in [0.1, 0.15) is 24.1 Å². The molecule has 2 aromatic heterocycles. The number of anilines is 1. The van der Waals surface area contributed by atoms with E-state index in [9.17, 15) is 14.4 Å². The van der Waals surface area contributed by atoms with Gasteiger partial charge in [0.1, 0.15) is 12.3 Å². The molecule has 1 aliphatic rings. The molecule has 0 spiro atoms. The van der Waals surface area contributed by atoms with E-state index in [1.165, 1.54) is 6.26 Å². The molecule has 9 heteroatoms. The number of carbonyl (C=O) groups is 3. The van der Waals surface area contributed by atoms with Crippen molar-refractivity contribution in [2.24, 2.45) is 0 Å². The largest absolute Gasteiger partial charge is 0.466 e. The fraction of sp³-hybridized carbons (Fsp3) is 0.238. The first-order valence-corrected chi connectivity index (χ1v) is 9.41. The van der Waals surface area contributed by atoms with Gasteiger partial charge >= 0.3 is 6.03 Å². The van der Waals surface area contributed by atoms with E-state index in [-0.39, 0.29) is 0 Å². The second-order valence-corrected chi connectivity index (χ2v) is 7.27. The molecule has 0 bridgehead atoms. The van der Waals surface area contributed by atoms with Crippen LogP contribution >= 0.6 is 0 Å². The van der Waals surface area contributed by atoms with Gasteiger partial charge in [-0.2, -0.15) is 5.10 Å². The number of rotatable bonds is 5. The summed E-state index contributed by atoms with van der Waals surface area (Å²) < 4.78 is 7.02. The SMILES string of the molecule is Cc1nn(-c2ccccc2)c(C)c1NC(=O)CN1C(=O)N[C@@](C)(c2ccco2)C1=O. The Balaban J connectivity index is 1.51. The van der Waals surface area contributed by atoms with Crippen molar-refractivity contribution in [1.82, 2.24) is 20.0 Å². The Kier molecular flexibility index (Phi) is 4.65. The molecule has 2 N–H and O–H groups in total. The van der Waals surface area contributed by atoms with Gasteiger partial charge in [0.05, 0.1) is 29.0 Å². The maximum Gasteiger partial charge on any atom is 0.325 e. The lowest BCUT2D eigenvalue weighted by Gasteiger charge is -2.18. The standard InChI is InChI=1S/C21H21N5O4/c1-13-18(14(2)26(24-13)15-8-5-4-6-9-15)22-17(27)12-25-19(28)21(3,23-20(25)29)16-10-7-11-30-16/h4-11H,12H2,1-3H3,(H,22,27)(H,23,29)/t21-/m0/s1. The first kappa shape index (κ1) is 19.4. The predicted octanol–water partition coefficient (Wildman–Crippen LogP) is 2.49. The molecule has 4 amide bonds. The molecule has 3 aromatic rings. The fourth-order valence-electron chi connectivity index (χ4n) is 3.54. The Morgan fingerprint density at radius 2 is 1.90 bits per heavy atom. The summed E-state index contributed by atoms with van der Waals surface area (Å²) in [5.74, 6) is -0.744. The van der Waals surface area contributed by atoms with Crippen LogP contribution in [0.5, 0.6) is 0 Å². The number of nitrogens with one attached hydrogen (secondary N) is 2. The average Bonchev–Trinajstić information content (AvgIpc) is 3.41. The predicted molar refractivity (Wildman–Crippen MR) is 108 cm³/mol. The second-order valence-electron chi connectivity index (χ2n) is 7.27. The number of urea groups is 1. The lowest BCUT2D eigenvalue weighted by atomic mass is 9.99. The van der Waals surface area contributed by atoms with Crippen molar-refractivity contribution in [2.45, 2.75) is 26.3 Å². The van der Waals surface area contributed by atoms with Gasteiger partial charge in [-0.15, -0.1) is 0 Å². The van der Waals surface area contributed by atoms with Gasteiger partial charge in [-0.05, 0) is 45.0 Å². The van der Waals surface area contributed by atoms with Crippen molar-refractivity contribution < 1.29 is 18.8 Å². The molecule has 0 aliphatic carbocycles. The number of aromatic nitrogens is 2. The highest BCUT2D eigenvalue weighted by atomic mass is 16.3. The molecule has 154 valence electrons. The van der Waals surface area contributed by atoms with Crippen molar-refractivity contribution >= 4 is 23.5 Å². The van der Waals surface area contributed by atoms with Crippen LogP contribution < -0.4 is 10.6 Å². The molecule has 9 nitrogen and oxygen atoms in total. The molecule has 1 aromatic carbocycles. The number of carbonyl (C=O) groups excluding carboxylic acids is 3. The zero-order valence-electron chi connectivity index (χ0n) is 16.8. The van der Waals surface area contributed by atoms with Crippen molar-refractivity contribution in [3.8, 4) is 5.69 Å². The zero-order valence-corrected chi connectivity index (χ0v) is 16.8. The molecule has 0 saturated carbocycles. The highest BCUT2D eigenvalue weighted by molar-refractivity contribution is 6.10. The molecule has 4 rings (SSSR count). The minimum absolute atomic E-state index is 0.305. The van der Waals surface area contributed by atoms with E-state index < -0.39 is 29.9 Å². The number of imide groups is 1. The Bertz CT molecular complexity index is 1120. The van der Waals surface area contributed by atoms with Gasteiger partial charge in [0, 0.05) is 0 Å². The molecule has 30 heavy (non-hydrogen) atoms. The molecule has 0 radical (unpaired) electrons. The van der Waals surface area contributed by atoms with Crippen LogP contribution in [0.25, 0.3) is 5.69 Å². The fourth-order valence-corrected chi connectivity index (χ4v) is 3.54. The Hall–Kier alpha value is -3.88. The van der Waals surface area contributed by atoms with Gasteiger partial charge in [-0.25, -0.2) is 9.48 Å². The summed E-state index contributed by atoms with van der Waals surface area (Å²) in [6, 6.07) is 12.1. The third-order valence-corrected chi connectivity index (χ3v) is 5.15. The average molecular weight is 407 g/mol. The monoisotopic (exact) mass is 407 g/mol. The van der Waals surface area contributed by atoms with E-state index in [0.717, 1.165) is 16.3 Å². The van der Waals surface area contributed by atoms with Crippen LogP contribution in [0.15, 0.2) is 53.1 Å². The molecule has 0 unspecified atom stereocenters. The number of aryl methyl sites for hydroxylation is 1. The van der Waals surface area contributed by atoms with Crippen molar-refractivity contribution in [1.29, 1.82) is 0 Å². The number of amides is 4. The number of nitrogens with zero attached hydrogens (tertiary/aromatic N) is 3. The minimum atomic E-state index is -1.34. The maximum atomic E-state index is 12.8. The summed E-state index contributed by atoms with van der Waals surface area (Å²) in [5, 5.41) is 9.86. The van der Waals surface area contributed by atoms with Gasteiger partial charge in [0.15, 0.2) is 5.54 Å². The summed E-state index contributed by atoms with van der Waals surface area (Å²) >= 11 is 0. The van der Waals surface area contributed by atoms with Crippen molar-refractivity contribution in [3.63, 3.8) is 0 Å². The first-order chi connectivity index (χ1) is 14.3. The van der Waals surface area contributed by atoms with Gasteiger partial charge in [0.2, 0.25) is 5.91 Å². The van der Waals surface area contributed by atoms with E-state index >= 15 is 0 Å². The molecule has 1 saturated heterocycles. The summed E-state index contributed by atoms with van der Waals surface area (Å²) in [6.07, 6.45) is 1.42. The lowest BCUT2D eigenvalue weighted by Crippen LogP contribution is -2.41. The van der Waals surface area contributed by atoms with Crippen LogP contribution in [0.2, 0.25) is 0 Å². The zero-order chi connectivity index (χ0) is 21.5. The van der Waals surface area contributed by atoms with E-state index in [0.29, 0.717) is 17.1 Å². The van der Waals surface area contributed by atoms with E-state index in [1.54, 1.807) is 30.7 Å². The maximum absolute atomic E-state index is 12.8. The van der Waals surface area contributed by atoms with Crippen LogP contribution in [-0.2, 0) is 15.1 Å². The summed E-state index contributed by atoms with van der Waals surface area (Å²) in [4.78, 5) is 38.7. The van der Waals surface area contributed by atoms with Crippen molar-refractivity contribution in [2.75, 3.05) is 11.9 Å². The Morgan fingerprint density at radius 3 is 2.57 bits per heavy atom. The van der Waals surface area contributed by atoms with E-state index in [2.05, 4.69) is 15.7 Å². The Labute approximate surface area is 172 Å². The van der Waals surface area contributed by atoms with Crippen LogP contribution in [0, 0.1) is 13.8 Å². The summed E-state index contributed by atoms with van der Waals surface area (Å²) in [7, 11) is 0. The van der Waals surface area contributed by atoms with Gasteiger partial charge in [0.25, 0.3) is 5.91 Å². The van der Waals surface area contributed by atoms with E-state index in [4.69, 9.17) is 4.42 Å². The molecule has 3 heterocycles. The summed E-state index contributed by atoms with van der Waals surface area (Å²) in [5.41, 5.74) is 1.43. The topological polar surface area (TPSA) is 109 Å². The lowest BCUT2D eigenvalue weighted by molar-refractivity contribution is -0.134. The molecule has 1 atom stereocenters. The van der Waals surface area contributed by atoms with E-state index in [1.807, 2.05) is 37.3 Å². The second kappa shape index (κ2) is 7.18.